The highest BCUT2D eigenvalue weighted by Gasteiger charge is 2.33. The van der Waals surface area contributed by atoms with Crippen molar-refractivity contribution in [3.8, 4) is 6.07 Å². The van der Waals surface area contributed by atoms with Gasteiger partial charge in [-0.2, -0.15) is 5.26 Å². The predicted octanol–water partition coefficient (Wildman–Crippen LogP) is 4.12. The van der Waals surface area contributed by atoms with E-state index in [4.69, 9.17) is 12.2 Å². The van der Waals surface area contributed by atoms with Gasteiger partial charge in [-0.15, -0.1) is 0 Å². The molecule has 0 saturated carbocycles. The number of unbranched alkanes of at least 4 members (excludes halogenated alkanes) is 1. The fourth-order valence-electron chi connectivity index (χ4n) is 4.57. The molecule has 37 heavy (non-hydrogen) atoms. The van der Waals surface area contributed by atoms with Crippen LogP contribution in [0.3, 0.4) is 0 Å². The lowest BCUT2D eigenvalue weighted by atomic mass is 10.0. The Labute approximate surface area is 226 Å². The number of rotatable bonds is 7. The highest BCUT2D eigenvalue weighted by molar-refractivity contribution is 8.26. The predicted molar refractivity (Wildman–Crippen MR) is 150 cm³/mol. The van der Waals surface area contributed by atoms with Crippen molar-refractivity contribution in [2.75, 3.05) is 38.1 Å². The number of halogens is 1. The maximum Gasteiger partial charge on any atom is 0.270 e. The molecule has 0 N–H and O–H groups in total. The summed E-state index contributed by atoms with van der Waals surface area (Å²) in [5.41, 5.74) is 1.86. The fourth-order valence-corrected chi connectivity index (χ4v) is 5.80. The van der Waals surface area contributed by atoms with E-state index in [0.29, 0.717) is 26.9 Å². The number of thioether (sulfide) groups is 1. The normalized spacial score (nSPS) is 17.6. The van der Waals surface area contributed by atoms with Crippen molar-refractivity contribution < 1.29 is 9.18 Å². The lowest BCUT2D eigenvalue weighted by molar-refractivity contribution is -0.122. The second-order valence-electron chi connectivity index (χ2n) is 9.34. The maximum absolute atomic E-state index is 13.4. The molecule has 0 aliphatic carbocycles. The molecule has 4 rings (SSSR count). The lowest BCUT2D eigenvalue weighted by Gasteiger charge is -2.36. The first kappa shape index (κ1) is 27.0. The molecule has 1 aromatic heterocycles. The summed E-state index contributed by atoms with van der Waals surface area (Å²) in [5.74, 6) is 0.173. The van der Waals surface area contributed by atoms with Crippen molar-refractivity contribution >= 4 is 46.1 Å². The maximum atomic E-state index is 13.4. The van der Waals surface area contributed by atoms with Crippen molar-refractivity contribution in [3.63, 3.8) is 0 Å². The van der Waals surface area contributed by atoms with Crippen LogP contribution in [-0.2, 0) is 17.9 Å². The Kier molecular flexibility index (Phi) is 8.47. The number of piperazine rings is 1. The van der Waals surface area contributed by atoms with E-state index in [1.54, 1.807) is 29.7 Å². The number of benzene rings is 1. The van der Waals surface area contributed by atoms with Crippen LogP contribution in [0.15, 0.2) is 34.0 Å². The number of hydrogen-bond acceptors (Lipinski definition) is 7. The zero-order valence-corrected chi connectivity index (χ0v) is 22.9. The third-order valence-electron chi connectivity index (χ3n) is 6.79. The molecule has 10 heteroatoms. The van der Waals surface area contributed by atoms with Crippen LogP contribution < -0.4 is 10.5 Å². The highest BCUT2D eigenvalue weighted by atomic mass is 32.2. The van der Waals surface area contributed by atoms with Crippen LogP contribution in [0.1, 0.15) is 42.0 Å². The summed E-state index contributed by atoms with van der Waals surface area (Å²) in [6.45, 7) is 7.74. The van der Waals surface area contributed by atoms with E-state index in [-0.39, 0.29) is 29.4 Å². The third-order valence-corrected chi connectivity index (χ3v) is 8.17. The number of likely N-dealkylation sites (N-methyl/N-ethyl adjacent to an activating group) is 1. The molecule has 2 saturated heterocycles. The van der Waals surface area contributed by atoms with Gasteiger partial charge in [0, 0.05) is 38.3 Å². The number of hydrogen-bond donors (Lipinski definition) is 0. The zero-order valence-electron chi connectivity index (χ0n) is 21.3. The molecule has 1 amide bonds. The van der Waals surface area contributed by atoms with Gasteiger partial charge in [0.05, 0.1) is 11.4 Å². The zero-order chi connectivity index (χ0) is 26.7. The monoisotopic (exact) mass is 539 g/mol. The standard InChI is InChI=1S/C27H30FN5O2S2/c1-4-5-10-32-24(31-13-11-30(3)12-14-31)21(18(2)22(16-29)25(32)34)15-23-26(35)33(27(36)37-23)17-19-6-8-20(28)9-7-19/h6-9,15H,4-5,10-14,17H2,1-3H3/b23-15-. The summed E-state index contributed by atoms with van der Waals surface area (Å²) in [6, 6.07) is 8.09. The van der Waals surface area contributed by atoms with E-state index < -0.39 is 0 Å². The number of nitriles is 1. The first-order chi connectivity index (χ1) is 17.7. The molecule has 2 aromatic rings. The second kappa shape index (κ2) is 11.6. The summed E-state index contributed by atoms with van der Waals surface area (Å²) in [7, 11) is 2.07. The van der Waals surface area contributed by atoms with Crippen molar-refractivity contribution in [2.45, 2.75) is 39.8 Å². The van der Waals surface area contributed by atoms with Gasteiger partial charge in [-0.3, -0.25) is 19.1 Å². The minimum atomic E-state index is -0.340. The summed E-state index contributed by atoms with van der Waals surface area (Å²) >= 11 is 6.72. The molecule has 3 heterocycles. The molecule has 0 spiro atoms. The average Bonchev–Trinajstić information content (AvgIpc) is 3.14. The van der Waals surface area contributed by atoms with Crippen LogP contribution in [0.2, 0.25) is 0 Å². The number of nitrogens with zero attached hydrogens (tertiary/aromatic N) is 5. The number of carbonyl (C=O) groups excluding carboxylic acids is 1. The van der Waals surface area contributed by atoms with Crippen molar-refractivity contribution in [3.05, 3.63) is 67.6 Å². The van der Waals surface area contributed by atoms with Gasteiger partial charge in [-0.05, 0) is 49.7 Å². The Morgan fingerprint density at radius 1 is 1.16 bits per heavy atom. The van der Waals surface area contributed by atoms with Crippen LogP contribution in [0.25, 0.3) is 6.08 Å². The second-order valence-corrected chi connectivity index (χ2v) is 11.0. The molecule has 2 aliphatic rings. The Morgan fingerprint density at radius 3 is 2.46 bits per heavy atom. The molecule has 7 nitrogen and oxygen atoms in total. The van der Waals surface area contributed by atoms with Crippen LogP contribution in [0.4, 0.5) is 10.2 Å². The molecule has 194 valence electrons. The van der Waals surface area contributed by atoms with Gasteiger partial charge in [0.1, 0.15) is 27.6 Å². The van der Waals surface area contributed by atoms with Gasteiger partial charge in [-0.25, -0.2) is 4.39 Å². The lowest BCUT2D eigenvalue weighted by Crippen LogP contribution is -2.47. The van der Waals surface area contributed by atoms with Gasteiger partial charge in [-0.1, -0.05) is 49.5 Å². The number of aromatic nitrogens is 1. The Bertz CT molecular complexity index is 1340. The molecular formula is C27H30FN5O2S2. The molecule has 0 unspecified atom stereocenters. The Balaban J connectivity index is 1.80. The smallest absolute Gasteiger partial charge is 0.270 e. The van der Waals surface area contributed by atoms with E-state index in [2.05, 4.69) is 29.8 Å². The van der Waals surface area contributed by atoms with Gasteiger partial charge in [0.25, 0.3) is 11.5 Å². The van der Waals surface area contributed by atoms with Gasteiger partial charge in [0.15, 0.2) is 0 Å². The van der Waals surface area contributed by atoms with Crippen molar-refractivity contribution in [1.82, 2.24) is 14.4 Å². The molecule has 0 bridgehead atoms. The molecule has 2 aliphatic heterocycles. The fraction of sp³-hybridized carbons (Fsp3) is 0.407. The highest BCUT2D eigenvalue weighted by Crippen LogP contribution is 2.37. The van der Waals surface area contributed by atoms with Crippen LogP contribution in [0.5, 0.6) is 0 Å². The first-order valence-corrected chi connectivity index (χ1v) is 13.6. The number of anilines is 1. The topological polar surface area (TPSA) is 72.6 Å². The number of pyridine rings is 1. The molecule has 0 atom stereocenters. The van der Waals surface area contributed by atoms with Gasteiger partial charge >= 0.3 is 0 Å². The first-order valence-electron chi connectivity index (χ1n) is 12.4. The quantitative estimate of drug-likeness (QED) is 0.387. The van der Waals surface area contributed by atoms with E-state index in [1.165, 1.54) is 28.8 Å². The number of thiocarbonyl (C=S) groups is 1. The van der Waals surface area contributed by atoms with E-state index >= 15 is 0 Å². The van der Waals surface area contributed by atoms with E-state index in [0.717, 1.165) is 50.4 Å². The van der Waals surface area contributed by atoms with E-state index in [1.807, 2.05) is 0 Å². The van der Waals surface area contributed by atoms with Crippen molar-refractivity contribution in [1.29, 1.82) is 5.26 Å². The summed E-state index contributed by atoms with van der Waals surface area (Å²) < 4.78 is 15.5. The van der Waals surface area contributed by atoms with Gasteiger partial charge in [0.2, 0.25) is 0 Å². The Morgan fingerprint density at radius 2 is 1.84 bits per heavy atom. The molecule has 1 aromatic carbocycles. The largest absolute Gasteiger partial charge is 0.355 e. The molecule has 2 fully saturated rings. The third kappa shape index (κ3) is 5.64. The van der Waals surface area contributed by atoms with Crippen LogP contribution >= 0.6 is 24.0 Å². The summed E-state index contributed by atoms with van der Waals surface area (Å²) in [6.07, 6.45) is 3.49. The van der Waals surface area contributed by atoms with Crippen LogP contribution in [-0.4, -0.2) is 57.8 Å². The summed E-state index contributed by atoms with van der Waals surface area (Å²) in [4.78, 5) is 33.2. The average molecular weight is 540 g/mol. The molecule has 0 radical (unpaired) electrons. The van der Waals surface area contributed by atoms with Crippen LogP contribution in [0, 0.1) is 24.1 Å². The summed E-state index contributed by atoms with van der Waals surface area (Å²) in [5, 5.41) is 9.86. The minimum Gasteiger partial charge on any atom is -0.355 e. The number of amides is 1. The van der Waals surface area contributed by atoms with Crippen molar-refractivity contribution in [2.24, 2.45) is 0 Å². The number of carbonyl (C=O) groups is 1. The SMILES string of the molecule is CCCCn1c(N2CCN(C)CC2)c(/C=C2\SC(=S)N(Cc3ccc(F)cc3)C2=O)c(C)c(C#N)c1=O. The molecular weight excluding hydrogens is 509 g/mol. The minimum absolute atomic E-state index is 0.0991. The van der Waals surface area contributed by atoms with Gasteiger partial charge < -0.3 is 9.80 Å². The van der Waals surface area contributed by atoms with E-state index in [9.17, 15) is 19.2 Å². The Hall–Kier alpha value is -3.00.